The minimum atomic E-state index is -0.287. The standard InChI is InChI=1S/C20H25N3O3S/c1-14(2)26-17-9-4-3-8-16(17)22-20(25)21-15-7-5-11-23(13-15)19(24)18-10-6-12-27-18/h3-4,6,8-10,12,14-15H,5,7,11,13H2,1-2H3,(H2,21,22,25). The van der Waals surface area contributed by atoms with Gasteiger partial charge in [0, 0.05) is 19.1 Å². The van der Waals surface area contributed by atoms with Crippen molar-refractivity contribution in [2.45, 2.75) is 38.8 Å². The molecule has 6 nitrogen and oxygen atoms in total. The molecule has 7 heteroatoms. The van der Waals surface area contributed by atoms with Gasteiger partial charge in [0.05, 0.1) is 16.7 Å². The van der Waals surface area contributed by atoms with E-state index in [0.29, 0.717) is 18.0 Å². The quantitative estimate of drug-likeness (QED) is 0.816. The second-order valence-corrected chi connectivity index (χ2v) is 7.78. The van der Waals surface area contributed by atoms with Gasteiger partial charge in [-0.05, 0) is 50.3 Å². The largest absolute Gasteiger partial charge is 0.489 e. The fourth-order valence-electron chi connectivity index (χ4n) is 3.11. The molecule has 1 aliphatic rings. The lowest BCUT2D eigenvalue weighted by Crippen LogP contribution is -2.50. The maximum Gasteiger partial charge on any atom is 0.319 e. The third kappa shape index (κ3) is 5.23. The average Bonchev–Trinajstić information content (AvgIpc) is 3.17. The Labute approximate surface area is 163 Å². The van der Waals surface area contributed by atoms with Gasteiger partial charge in [0.2, 0.25) is 0 Å². The summed E-state index contributed by atoms with van der Waals surface area (Å²) in [6.07, 6.45) is 1.74. The first kappa shape index (κ1) is 19.2. The van der Waals surface area contributed by atoms with Gasteiger partial charge in [0.1, 0.15) is 5.75 Å². The number of carbonyl (C=O) groups is 2. The zero-order valence-electron chi connectivity index (χ0n) is 15.6. The van der Waals surface area contributed by atoms with Crippen LogP contribution in [0.1, 0.15) is 36.4 Å². The third-order valence-corrected chi connectivity index (χ3v) is 5.13. The van der Waals surface area contributed by atoms with Crippen molar-refractivity contribution >= 4 is 29.0 Å². The number of para-hydroxylation sites is 2. The van der Waals surface area contributed by atoms with Gasteiger partial charge in [-0.3, -0.25) is 4.79 Å². The number of hydrogen-bond acceptors (Lipinski definition) is 4. The van der Waals surface area contributed by atoms with Crippen molar-refractivity contribution in [1.29, 1.82) is 0 Å². The van der Waals surface area contributed by atoms with E-state index >= 15 is 0 Å². The number of ether oxygens (including phenoxy) is 1. The lowest BCUT2D eigenvalue weighted by molar-refractivity contribution is 0.0703. The summed E-state index contributed by atoms with van der Waals surface area (Å²) < 4.78 is 5.73. The number of urea groups is 1. The molecule has 2 heterocycles. The lowest BCUT2D eigenvalue weighted by Gasteiger charge is -2.33. The Morgan fingerprint density at radius 3 is 2.78 bits per heavy atom. The number of hydrogen-bond donors (Lipinski definition) is 2. The van der Waals surface area contributed by atoms with E-state index in [4.69, 9.17) is 4.74 Å². The molecular weight excluding hydrogens is 362 g/mol. The Hall–Kier alpha value is -2.54. The Morgan fingerprint density at radius 2 is 2.04 bits per heavy atom. The van der Waals surface area contributed by atoms with Crippen LogP contribution in [0.15, 0.2) is 41.8 Å². The molecule has 1 atom stereocenters. The van der Waals surface area contributed by atoms with Crippen molar-refractivity contribution in [3.05, 3.63) is 46.7 Å². The second-order valence-electron chi connectivity index (χ2n) is 6.83. The maximum absolute atomic E-state index is 12.5. The molecule has 1 unspecified atom stereocenters. The molecule has 1 aliphatic heterocycles. The van der Waals surface area contributed by atoms with Crippen LogP contribution in [0.3, 0.4) is 0 Å². The zero-order valence-corrected chi connectivity index (χ0v) is 16.4. The van der Waals surface area contributed by atoms with Crippen molar-refractivity contribution in [2.75, 3.05) is 18.4 Å². The highest BCUT2D eigenvalue weighted by molar-refractivity contribution is 7.12. The third-order valence-electron chi connectivity index (χ3n) is 4.27. The number of thiophene rings is 1. The summed E-state index contributed by atoms with van der Waals surface area (Å²) in [5, 5.41) is 7.74. The highest BCUT2D eigenvalue weighted by Gasteiger charge is 2.26. The molecule has 0 bridgehead atoms. The van der Waals surface area contributed by atoms with Gasteiger partial charge >= 0.3 is 6.03 Å². The Morgan fingerprint density at radius 1 is 1.22 bits per heavy atom. The molecule has 0 spiro atoms. The summed E-state index contributed by atoms with van der Waals surface area (Å²) in [6, 6.07) is 10.7. The summed E-state index contributed by atoms with van der Waals surface area (Å²) >= 11 is 1.44. The number of rotatable bonds is 5. The van der Waals surface area contributed by atoms with Gasteiger partial charge in [-0.25, -0.2) is 4.79 Å². The number of benzene rings is 1. The summed E-state index contributed by atoms with van der Waals surface area (Å²) in [4.78, 5) is 27.5. The number of likely N-dealkylation sites (tertiary alicyclic amines) is 1. The number of piperidine rings is 1. The van der Waals surface area contributed by atoms with Gasteiger partial charge in [-0.15, -0.1) is 11.3 Å². The van der Waals surface area contributed by atoms with Crippen LogP contribution in [0.2, 0.25) is 0 Å². The van der Waals surface area contributed by atoms with Crippen molar-refractivity contribution in [3.63, 3.8) is 0 Å². The van der Waals surface area contributed by atoms with Crippen molar-refractivity contribution in [3.8, 4) is 5.75 Å². The lowest BCUT2D eigenvalue weighted by atomic mass is 10.1. The Bertz CT molecular complexity index is 777. The van der Waals surface area contributed by atoms with Crippen LogP contribution in [0.5, 0.6) is 5.75 Å². The molecule has 1 fully saturated rings. The molecule has 1 saturated heterocycles. The van der Waals surface area contributed by atoms with E-state index in [1.165, 1.54) is 11.3 Å². The highest BCUT2D eigenvalue weighted by Crippen LogP contribution is 2.25. The molecule has 3 rings (SSSR count). The summed E-state index contributed by atoms with van der Waals surface area (Å²) in [5.74, 6) is 0.674. The Kier molecular flexibility index (Phi) is 6.34. The summed E-state index contributed by atoms with van der Waals surface area (Å²) in [5.41, 5.74) is 0.631. The van der Waals surface area contributed by atoms with Gasteiger partial charge in [-0.1, -0.05) is 18.2 Å². The van der Waals surface area contributed by atoms with Crippen LogP contribution in [0.4, 0.5) is 10.5 Å². The van der Waals surface area contributed by atoms with E-state index in [1.54, 1.807) is 0 Å². The van der Waals surface area contributed by atoms with E-state index in [0.717, 1.165) is 24.3 Å². The molecule has 1 aromatic carbocycles. The molecule has 27 heavy (non-hydrogen) atoms. The van der Waals surface area contributed by atoms with Crippen molar-refractivity contribution in [2.24, 2.45) is 0 Å². The average molecular weight is 388 g/mol. The summed E-state index contributed by atoms with van der Waals surface area (Å²) in [7, 11) is 0. The number of amides is 3. The molecule has 0 aliphatic carbocycles. The number of nitrogens with zero attached hydrogens (tertiary/aromatic N) is 1. The fourth-order valence-corrected chi connectivity index (χ4v) is 3.80. The Balaban J connectivity index is 1.57. The van der Waals surface area contributed by atoms with E-state index in [-0.39, 0.29) is 24.1 Å². The first-order chi connectivity index (χ1) is 13.0. The van der Waals surface area contributed by atoms with E-state index in [1.807, 2.05) is 60.5 Å². The molecule has 3 amide bonds. The number of nitrogens with one attached hydrogen (secondary N) is 2. The predicted octanol–water partition coefficient (Wildman–Crippen LogP) is 3.96. The van der Waals surface area contributed by atoms with Crippen molar-refractivity contribution < 1.29 is 14.3 Å². The second kappa shape index (κ2) is 8.90. The van der Waals surface area contributed by atoms with Crippen LogP contribution in [0, 0.1) is 0 Å². The molecule has 0 radical (unpaired) electrons. The fraction of sp³-hybridized carbons (Fsp3) is 0.400. The minimum Gasteiger partial charge on any atom is -0.489 e. The predicted molar refractivity (Wildman–Crippen MR) is 108 cm³/mol. The number of carbonyl (C=O) groups excluding carboxylic acids is 2. The van der Waals surface area contributed by atoms with Crippen LogP contribution in [-0.4, -0.2) is 42.1 Å². The van der Waals surface area contributed by atoms with Crippen LogP contribution < -0.4 is 15.4 Å². The van der Waals surface area contributed by atoms with Gasteiger partial charge < -0.3 is 20.3 Å². The van der Waals surface area contributed by atoms with Gasteiger partial charge in [0.15, 0.2) is 0 Å². The van der Waals surface area contributed by atoms with Crippen molar-refractivity contribution in [1.82, 2.24) is 10.2 Å². The van der Waals surface area contributed by atoms with E-state index in [9.17, 15) is 9.59 Å². The normalized spacial score (nSPS) is 16.9. The maximum atomic E-state index is 12.5. The molecule has 2 N–H and O–H groups in total. The van der Waals surface area contributed by atoms with Crippen LogP contribution in [-0.2, 0) is 0 Å². The summed E-state index contributed by atoms with van der Waals surface area (Å²) in [6.45, 7) is 5.13. The zero-order chi connectivity index (χ0) is 19.2. The number of anilines is 1. The molecule has 0 saturated carbocycles. The van der Waals surface area contributed by atoms with E-state index in [2.05, 4.69) is 10.6 Å². The first-order valence-electron chi connectivity index (χ1n) is 9.19. The molecule has 2 aromatic rings. The van der Waals surface area contributed by atoms with Crippen LogP contribution in [0.25, 0.3) is 0 Å². The molecule has 144 valence electrons. The molecular formula is C20H25N3O3S. The smallest absolute Gasteiger partial charge is 0.319 e. The SMILES string of the molecule is CC(C)Oc1ccccc1NC(=O)NC1CCCN(C(=O)c2cccs2)C1. The molecule has 1 aromatic heterocycles. The minimum absolute atomic E-state index is 0.0196. The van der Waals surface area contributed by atoms with E-state index < -0.39 is 0 Å². The topological polar surface area (TPSA) is 70.7 Å². The monoisotopic (exact) mass is 387 g/mol. The van der Waals surface area contributed by atoms with Gasteiger partial charge in [-0.2, -0.15) is 0 Å². The van der Waals surface area contributed by atoms with Gasteiger partial charge in [0.25, 0.3) is 5.91 Å². The highest BCUT2D eigenvalue weighted by atomic mass is 32.1. The van der Waals surface area contributed by atoms with Crippen LogP contribution >= 0.6 is 11.3 Å². The first-order valence-corrected chi connectivity index (χ1v) is 10.1.